The fourth-order valence-electron chi connectivity index (χ4n) is 2.63. The zero-order valence-corrected chi connectivity index (χ0v) is 11.9. The van der Waals surface area contributed by atoms with Crippen molar-refractivity contribution in [2.45, 2.75) is 51.7 Å². The highest BCUT2D eigenvalue weighted by molar-refractivity contribution is 6.31. The van der Waals surface area contributed by atoms with E-state index in [1.54, 1.807) is 0 Å². The molecular weight excluding hydrogens is 244 g/mol. The Bertz CT molecular complexity index is 392. The Hall–Kier alpha value is -0.570. The molecule has 1 aromatic rings. The van der Waals surface area contributed by atoms with Gasteiger partial charge in [-0.05, 0) is 43.5 Å². The van der Waals surface area contributed by atoms with Gasteiger partial charge >= 0.3 is 0 Å². The second kappa shape index (κ2) is 6.55. The molecule has 1 fully saturated rings. The van der Waals surface area contributed by atoms with E-state index in [2.05, 4.69) is 24.0 Å². The minimum Gasteiger partial charge on any atom is -0.326 e. The first-order valence-corrected chi connectivity index (χ1v) is 7.30. The molecule has 0 aliphatic carbocycles. The van der Waals surface area contributed by atoms with Crippen LogP contribution in [0.25, 0.3) is 0 Å². The Balaban J connectivity index is 2.07. The normalized spacial score (nSPS) is 21.8. The molecule has 2 N–H and O–H groups in total. The van der Waals surface area contributed by atoms with Crippen LogP contribution in [-0.4, -0.2) is 17.5 Å². The van der Waals surface area contributed by atoms with Gasteiger partial charge in [0.05, 0.1) is 0 Å². The summed E-state index contributed by atoms with van der Waals surface area (Å²) in [6, 6.07) is 6.88. The third-order valence-corrected chi connectivity index (χ3v) is 4.27. The minimum absolute atomic E-state index is 0.556. The molecule has 1 atom stereocenters. The highest BCUT2D eigenvalue weighted by atomic mass is 35.5. The van der Waals surface area contributed by atoms with Crippen molar-refractivity contribution < 1.29 is 0 Å². The van der Waals surface area contributed by atoms with E-state index in [0.29, 0.717) is 12.6 Å². The van der Waals surface area contributed by atoms with Gasteiger partial charge in [-0.3, -0.25) is 4.90 Å². The summed E-state index contributed by atoms with van der Waals surface area (Å²) < 4.78 is 0. The van der Waals surface area contributed by atoms with Gasteiger partial charge in [-0.25, -0.2) is 0 Å². The third-order valence-electron chi connectivity index (χ3n) is 3.92. The Morgan fingerprint density at radius 3 is 2.89 bits per heavy atom. The van der Waals surface area contributed by atoms with Gasteiger partial charge in [0.25, 0.3) is 0 Å². The number of hydrogen-bond donors (Lipinski definition) is 1. The van der Waals surface area contributed by atoms with Gasteiger partial charge in [-0.15, -0.1) is 0 Å². The maximum atomic E-state index is 6.33. The number of benzene rings is 1. The molecule has 3 heteroatoms. The van der Waals surface area contributed by atoms with Gasteiger partial charge in [0, 0.05) is 24.2 Å². The lowest BCUT2D eigenvalue weighted by Crippen LogP contribution is -2.32. The summed E-state index contributed by atoms with van der Waals surface area (Å²) >= 11 is 6.33. The van der Waals surface area contributed by atoms with Crippen molar-refractivity contribution in [2.24, 2.45) is 5.73 Å². The van der Waals surface area contributed by atoms with Gasteiger partial charge in [-0.2, -0.15) is 0 Å². The quantitative estimate of drug-likeness (QED) is 0.906. The molecule has 0 bridgehead atoms. The highest BCUT2D eigenvalue weighted by Crippen LogP contribution is 2.23. The average Bonchev–Trinajstić information content (AvgIpc) is 2.57. The fraction of sp³-hybridized carbons (Fsp3) is 0.600. The topological polar surface area (TPSA) is 29.3 Å². The van der Waals surface area contributed by atoms with E-state index in [9.17, 15) is 0 Å². The number of rotatable bonds is 3. The van der Waals surface area contributed by atoms with Crippen LogP contribution in [0.4, 0.5) is 0 Å². The standard InChI is InChI=1S/C15H23ClN2/c1-12-5-3-2-4-8-18(12)11-14-7-6-13(10-17)9-15(14)16/h6-7,9,12H,2-5,8,10-11,17H2,1H3. The largest absolute Gasteiger partial charge is 0.326 e. The molecule has 0 spiro atoms. The van der Waals surface area contributed by atoms with Crippen molar-refractivity contribution in [2.75, 3.05) is 6.54 Å². The van der Waals surface area contributed by atoms with Crippen molar-refractivity contribution in [1.82, 2.24) is 4.90 Å². The molecular formula is C15H23ClN2. The van der Waals surface area contributed by atoms with Gasteiger partial charge in [-0.1, -0.05) is 36.6 Å². The predicted octanol–water partition coefficient (Wildman–Crippen LogP) is 3.56. The van der Waals surface area contributed by atoms with E-state index in [1.165, 1.54) is 37.8 Å². The molecule has 1 aliphatic heterocycles. The van der Waals surface area contributed by atoms with Crippen LogP contribution in [0.2, 0.25) is 5.02 Å². The molecule has 0 saturated carbocycles. The Kier molecular flexibility index (Phi) is 5.04. The molecule has 1 saturated heterocycles. The fourth-order valence-corrected chi connectivity index (χ4v) is 2.90. The lowest BCUT2D eigenvalue weighted by atomic mass is 10.1. The number of nitrogens with two attached hydrogens (primary N) is 1. The first-order chi connectivity index (χ1) is 8.70. The summed E-state index contributed by atoms with van der Waals surface area (Å²) in [5.41, 5.74) is 7.96. The summed E-state index contributed by atoms with van der Waals surface area (Å²) in [5.74, 6) is 0. The van der Waals surface area contributed by atoms with E-state index in [4.69, 9.17) is 17.3 Å². The SMILES string of the molecule is CC1CCCCCN1Cc1ccc(CN)cc1Cl. The van der Waals surface area contributed by atoms with Gasteiger partial charge in [0.2, 0.25) is 0 Å². The molecule has 0 radical (unpaired) electrons. The summed E-state index contributed by atoms with van der Waals surface area (Å²) in [6.45, 7) is 5.04. The van der Waals surface area contributed by atoms with Crippen LogP contribution >= 0.6 is 11.6 Å². The molecule has 1 unspecified atom stereocenters. The molecule has 18 heavy (non-hydrogen) atoms. The molecule has 0 amide bonds. The lowest BCUT2D eigenvalue weighted by molar-refractivity contribution is 0.205. The highest BCUT2D eigenvalue weighted by Gasteiger charge is 2.17. The maximum absolute atomic E-state index is 6.33. The maximum Gasteiger partial charge on any atom is 0.0454 e. The predicted molar refractivity (Wildman–Crippen MR) is 77.7 cm³/mol. The number of likely N-dealkylation sites (tertiary alicyclic amines) is 1. The van der Waals surface area contributed by atoms with Crippen molar-refractivity contribution in [1.29, 1.82) is 0 Å². The Morgan fingerprint density at radius 2 is 2.17 bits per heavy atom. The van der Waals surface area contributed by atoms with Gasteiger partial charge in [0.15, 0.2) is 0 Å². The third kappa shape index (κ3) is 3.47. The molecule has 2 rings (SSSR count). The Labute approximate surface area is 115 Å². The van der Waals surface area contributed by atoms with E-state index < -0.39 is 0 Å². The summed E-state index contributed by atoms with van der Waals surface area (Å²) in [4.78, 5) is 2.55. The second-order valence-electron chi connectivity index (χ2n) is 5.30. The molecule has 1 aromatic carbocycles. The second-order valence-corrected chi connectivity index (χ2v) is 5.71. The monoisotopic (exact) mass is 266 g/mol. The van der Waals surface area contributed by atoms with Crippen LogP contribution < -0.4 is 5.73 Å². The van der Waals surface area contributed by atoms with Crippen LogP contribution in [0.1, 0.15) is 43.7 Å². The minimum atomic E-state index is 0.556. The van der Waals surface area contributed by atoms with E-state index in [1.807, 2.05) is 6.07 Å². The van der Waals surface area contributed by atoms with Crippen molar-refractivity contribution in [3.63, 3.8) is 0 Å². The van der Waals surface area contributed by atoms with E-state index >= 15 is 0 Å². The summed E-state index contributed by atoms with van der Waals surface area (Å²) in [5, 5.41) is 0.856. The smallest absolute Gasteiger partial charge is 0.0454 e. The molecule has 1 heterocycles. The molecule has 2 nitrogen and oxygen atoms in total. The molecule has 0 aromatic heterocycles. The van der Waals surface area contributed by atoms with Gasteiger partial charge in [0.1, 0.15) is 0 Å². The van der Waals surface area contributed by atoms with Crippen molar-refractivity contribution in [3.8, 4) is 0 Å². The first kappa shape index (κ1) is 13.9. The lowest BCUT2D eigenvalue weighted by Gasteiger charge is -2.27. The van der Waals surface area contributed by atoms with Crippen LogP contribution in [0.3, 0.4) is 0 Å². The van der Waals surface area contributed by atoms with E-state index in [-0.39, 0.29) is 0 Å². The van der Waals surface area contributed by atoms with Gasteiger partial charge < -0.3 is 5.73 Å². The Morgan fingerprint density at radius 1 is 1.33 bits per heavy atom. The summed E-state index contributed by atoms with van der Waals surface area (Å²) in [7, 11) is 0. The molecule has 1 aliphatic rings. The number of hydrogen-bond acceptors (Lipinski definition) is 2. The van der Waals surface area contributed by atoms with Crippen LogP contribution in [0.5, 0.6) is 0 Å². The van der Waals surface area contributed by atoms with Crippen molar-refractivity contribution in [3.05, 3.63) is 34.3 Å². The summed E-state index contributed by atoms with van der Waals surface area (Å²) in [6.07, 6.45) is 5.33. The zero-order valence-electron chi connectivity index (χ0n) is 11.2. The first-order valence-electron chi connectivity index (χ1n) is 6.92. The number of halogens is 1. The average molecular weight is 267 g/mol. The number of nitrogens with zero attached hydrogens (tertiary/aromatic N) is 1. The zero-order chi connectivity index (χ0) is 13.0. The van der Waals surface area contributed by atoms with Crippen LogP contribution in [0, 0.1) is 0 Å². The van der Waals surface area contributed by atoms with Crippen molar-refractivity contribution >= 4 is 11.6 Å². The molecule has 100 valence electrons. The van der Waals surface area contributed by atoms with Crippen LogP contribution in [0.15, 0.2) is 18.2 Å². The van der Waals surface area contributed by atoms with E-state index in [0.717, 1.165) is 17.1 Å². The van der Waals surface area contributed by atoms with Crippen LogP contribution in [-0.2, 0) is 13.1 Å².